The summed E-state index contributed by atoms with van der Waals surface area (Å²) >= 11 is 0. The molecule has 0 bridgehead atoms. The number of amides is 1. The summed E-state index contributed by atoms with van der Waals surface area (Å²) in [6.45, 7) is 1.85. The van der Waals surface area contributed by atoms with Gasteiger partial charge >= 0.3 is 5.97 Å². The molecular weight excluding hydrogens is 316 g/mol. The van der Waals surface area contributed by atoms with E-state index in [2.05, 4.69) is 5.32 Å². The Hall–Kier alpha value is -1.91. The van der Waals surface area contributed by atoms with E-state index in [-0.39, 0.29) is 16.4 Å². The predicted octanol–water partition coefficient (Wildman–Crippen LogP) is -0.596. The molecule has 1 unspecified atom stereocenters. The number of nitrogens with one attached hydrogen (secondary N) is 1. The number of aliphatic carboxylic acids is 1. The molecule has 1 aromatic heterocycles. The van der Waals surface area contributed by atoms with Crippen molar-refractivity contribution >= 4 is 21.9 Å². The summed E-state index contributed by atoms with van der Waals surface area (Å²) in [5.74, 6) is -2.59. The van der Waals surface area contributed by atoms with Crippen LogP contribution in [0.15, 0.2) is 15.4 Å². The number of furan rings is 1. The highest BCUT2D eigenvalue weighted by atomic mass is 32.2. The summed E-state index contributed by atoms with van der Waals surface area (Å²) in [6, 6.07) is 1.05. The van der Waals surface area contributed by atoms with Crippen LogP contribution in [0.2, 0.25) is 0 Å². The Morgan fingerprint density at radius 2 is 1.95 bits per heavy atom. The van der Waals surface area contributed by atoms with Crippen molar-refractivity contribution in [2.24, 2.45) is 0 Å². The second-order valence-electron chi connectivity index (χ2n) is 5.08. The van der Waals surface area contributed by atoms with Crippen LogP contribution in [0.5, 0.6) is 0 Å². The average Bonchev–Trinajstić information content (AvgIpc) is 2.78. The molecule has 1 atom stereocenters. The highest BCUT2D eigenvalue weighted by Gasteiger charge is 2.31. The van der Waals surface area contributed by atoms with Crippen LogP contribution in [-0.4, -0.2) is 61.1 Å². The average molecular weight is 334 g/mol. The van der Waals surface area contributed by atoms with Gasteiger partial charge in [0.25, 0.3) is 5.91 Å². The smallest absolute Gasteiger partial charge is 0.337 e. The number of carboxylic acid groups (broad SMARTS) is 1. The van der Waals surface area contributed by atoms with Gasteiger partial charge in [0.2, 0.25) is 10.0 Å². The number of carbonyl (C=O) groups is 2. The van der Waals surface area contributed by atoms with Gasteiger partial charge in [-0.25, -0.2) is 17.5 Å². The molecular formula is C12H18N2O7S. The van der Waals surface area contributed by atoms with Gasteiger partial charge in [0.05, 0.1) is 6.54 Å². The molecule has 1 rings (SSSR count). The van der Waals surface area contributed by atoms with Gasteiger partial charge in [0.1, 0.15) is 10.7 Å². The second-order valence-corrected chi connectivity index (χ2v) is 7.20. The summed E-state index contributed by atoms with van der Waals surface area (Å²) in [5.41, 5.74) is -2.14. The monoisotopic (exact) mass is 334 g/mol. The van der Waals surface area contributed by atoms with E-state index >= 15 is 0 Å². The summed E-state index contributed by atoms with van der Waals surface area (Å²) in [7, 11) is -1.08. The second kappa shape index (κ2) is 6.07. The number of aliphatic hydroxyl groups is 1. The third kappa shape index (κ3) is 3.64. The summed E-state index contributed by atoms with van der Waals surface area (Å²) in [5, 5.41) is 20.4. The highest BCUT2D eigenvalue weighted by molar-refractivity contribution is 7.89. The lowest BCUT2D eigenvalue weighted by atomic mass is 10.1. The Morgan fingerprint density at radius 1 is 1.41 bits per heavy atom. The lowest BCUT2D eigenvalue weighted by molar-refractivity contribution is -0.155. The minimum atomic E-state index is -3.76. The number of carboxylic acids is 1. The lowest BCUT2D eigenvalue weighted by Crippen LogP contribution is -2.46. The maximum Gasteiger partial charge on any atom is 0.337 e. The Kier molecular flexibility index (Phi) is 5.00. The quantitative estimate of drug-likeness (QED) is 0.632. The maximum absolute atomic E-state index is 12.0. The van der Waals surface area contributed by atoms with Gasteiger partial charge in [-0.2, -0.15) is 0 Å². The zero-order valence-electron chi connectivity index (χ0n) is 12.6. The molecule has 9 nitrogen and oxygen atoms in total. The van der Waals surface area contributed by atoms with Crippen LogP contribution in [-0.2, 0) is 14.8 Å². The molecule has 1 amide bonds. The van der Waals surface area contributed by atoms with Gasteiger partial charge in [-0.1, -0.05) is 0 Å². The number of sulfonamides is 1. The zero-order valence-corrected chi connectivity index (χ0v) is 13.4. The van der Waals surface area contributed by atoms with Crippen molar-refractivity contribution < 1.29 is 32.6 Å². The Labute approximate surface area is 127 Å². The van der Waals surface area contributed by atoms with E-state index in [4.69, 9.17) is 9.52 Å². The number of carbonyl (C=O) groups excluding carboxylic acids is 1. The molecule has 0 aromatic carbocycles. The van der Waals surface area contributed by atoms with Crippen molar-refractivity contribution in [3.63, 3.8) is 0 Å². The minimum absolute atomic E-state index is 0.0313. The fourth-order valence-electron chi connectivity index (χ4n) is 1.45. The fraction of sp³-hybridized carbons (Fsp3) is 0.500. The van der Waals surface area contributed by atoms with Crippen LogP contribution in [0.1, 0.15) is 23.2 Å². The van der Waals surface area contributed by atoms with Crippen molar-refractivity contribution in [1.29, 1.82) is 0 Å². The molecule has 0 saturated carbocycles. The van der Waals surface area contributed by atoms with E-state index in [9.17, 15) is 23.1 Å². The third-order valence-corrected chi connectivity index (χ3v) is 4.83. The first-order chi connectivity index (χ1) is 9.89. The number of nitrogens with zero attached hydrogens (tertiary/aromatic N) is 1. The predicted molar refractivity (Wildman–Crippen MR) is 74.9 cm³/mol. The molecule has 1 heterocycles. The van der Waals surface area contributed by atoms with Crippen molar-refractivity contribution in [3.05, 3.63) is 17.6 Å². The standard InChI is InChI=1S/C12H18N2O7S/c1-7-9(22(19,20)14(3)4)5-8(21-7)10(15)13-6-12(2,18)11(16)17/h5,18H,6H2,1-4H3,(H,13,15)(H,16,17). The molecule has 10 heteroatoms. The number of rotatable bonds is 6. The normalized spacial score (nSPS) is 14.6. The first kappa shape index (κ1) is 18.1. The molecule has 0 radical (unpaired) electrons. The summed E-state index contributed by atoms with van der Waals surface area (Å²) in [6.07, 6.45) is 0. The minimum Gasteiger partial charge on any atom is -0.479 e. The highest BCUT2D eigenvalue weighted by Crippen LogP contribution is 2.22. The number of hydrogen-bond acceptors (Lipinski definition) is 6. The summed E-state index contributed by atoms with van der Waals surface area (Å²) in [4.78, 5) is 22.4. The molecule has 124 valence electrons. The number of aryl methyl sites for hydroxylation is 1. The van der Waals surface area contributed by atoms with Crippen LogP contribution < -0.4 is 5.32 Å². The van der Waals surface area contributed by atoms with Crippen molar-refractivity contribution in [1.82, 2.24) is 9.62 Å². The van der Waals surface area contributed by atoms with Gasteiger partial charge in [0.15, 0.2) is 11.4 Å². The molecule has 0 aliphatic heterocycles. The van der Waals surface area contributed by atoms with Crippen molar-refractivity contribution in [2.45, 2.75) is 24.3 Å². The molecule has 0 aliphatic carbocycles. The molecule has 22 heavy (non-hydrogen) atoms. The molecule has 1 aromatic rings. The fourth-order valence-corrected chi connectivity index (χ4v) is 2.50. The third-order valence-electron chi connectivity index (χ3n) is 2.91. The Balaban J connectivity index is 2.97. The van der Waals surface area contributed by atoms with Gasteiger partial charge in [-0.15, -0.1) is 0 Å². The molecule has 0 spiro atoms. The van der Waals surface area contributed by atoms with Gasteiger partial charge < -0.3 is 19.9 Å². The van der Waals surface area contributed by atoms with Crippen molar-refractivity contribution in [3.8, 4) is 0 Å². The van der Waals surface area contributed by atoms with Crippen LogP contribution in [0.4, 0.5) is 0 Å². The van der Waals surface area contributed by atoms with Crippen LogP contribution in [0, 0.1) is 6.92 Å². The topological polar surface area (TPSA) is 137 Å². The molecule has 0 saturated heterocycles. The Bertz CT molecular complexity index is 688. The Morgan fingerprint density at radius 3 is 2.41 bits per heavy atom. The van der Waals surface area contributed by atoms with Crippen molar-refractivity contribution in [2.75, 3.05) is 20.6 Å². The van der Waals surface area contributed by atoms with E-state index in [1.807, 2.05) is 0 Å². The lowest BCUT2D eigenvalue weighted by Gasteiger charge is -2.17. The number of hydrogen-bond donors (Lipinski definition) is 3. The maximum atomic E-state index is 12.0. The molecule has 3 N–H and O–H groups in total. The van der Waals surface area contributed by atoms with Crippen LogP contribution >= 0.6 is 0 Å². The van der Waals surface area contributed by atoms with E-state index in [1.165, 1.54) is 21.0 Å². The first-order valence-electron chi connectivity index (χ1n) is 6.16. The van der Waals surface area contributed by atoms with Gasteiger partial charge in [-0.3, -0.25) is 4.79 Å². The van der Waals surface area contributed by atoms with Crippen LogP contribution in [0.25, 0.3) is 0 Å². The summed E-state index contributed by atoms with van der Waals surface area (Å²) < 4.78 is 30.1. The largest absolute Gasteiger partial charge is 0.479 e. The van der Waals surface area contributed by atoms with E-state index in [0.29, 0.717) is 0 Å². The zero-order chi connectivity index (χ0) is 17.3. The van der Waals surface area contributed by atoms with Gasteiger partial charge in [-0.05, 0) is 13.8 Å². The SMILES string of the molecule is Cc1oc(C(=O)NCC(C)(O)C(=O)O)cc1S(=O)(=O)N(C)C. The van der Waals surface area contributed by atoms with E-state index < -0.39 is 34.0 Å². The van der Waals surface area contributed by atoms with Crippen LogP contribution in [0.3, 0.4) is 0 Å². The van der Waals surface area contributed by atoms with Gasteiger partial charge in [0, 0.05) is 20.2 Å². The molecule has 0 fully saturated rings. The van der Waals surface area contributed by atoms with E-state index in [1.54, 1.807) is 0 Å². The van der Waals surface area contributed by atoms with E-state index in [0.717, 1.165) is 17.3 Å². The first-order valence-corrected chi connectivity index (χ1v) is 7.60. The molecule has 0 aliphatic rings.